The lowest BCUT2D eigenvalue weighted by Crippen LogP contribution is -2.02. The van der Waals surface area contributed by atoms with Crippen molar-refractivity contribution < 1.29 is 4.74 Å². The first-order valence-corrected chi connectivity index (χ1v) is 3.63. The second-order valence-corrected chi connectivity index (χ2v) is 2.11. The van der Waals surface area contributed by atoms with Crippen LogP contribution in [0, 0.1) is 5.41 Å². The largest absolute Gasteiger partial charge is 0.425 e. The summed E-state index contributed by atoms with van der Waals surface area (Å²) in [5, 5.41) is 7.21. The van der Waals surface area contributed by atoms with E-state index >= 15 is 0 Å². The number of hydrogen-bond acceptors (Lipinski definition) is 2. The Morgan fingerprint density at radius 2 is 2.08 bits per heavy atom. The topological polar surface area (TPSA) is 45.4 Å². The van der Waals surface area contributed by atoms with Crippen molar-refractivity contribution in [3.05, 3.63) is 30.3 Å². The Hall–Kier alpha value is -1.64. The smallest absolute Gasteiger partial charge is 0.313 e. The first-order chi connectivity index (χ1) is 5.83. The number of aliphatic imine (C=N–C) groups is 1. The van der Waals surface area contributed by atoms with Crippen LogP contribution >= 0.6 is 0 Å². The summed E-state index contributed by atoms with van der Waals surface area (Å²) < 4.78 is 5.04. The maximum atomic E-state index is 7.21. The van der Waals surface area contributed by atoms with Gasteiger partial charge < -0.3 is 4.74 Å². The molecule has 0 fully saturated rings. The number of nitrogens with one attached hydrogen (secondary N) is 1. The zero-order chi connectivity index (χ0) is 8.81. The molecule has 0 heterocycles. The Morgan fingerprint density at radius 3 is 2.67 bits per heavy atom. The molecule has 0 aliphatic rings. The van der Waals surface area contributed by atoms with Gasteiger partial charge in [0.2, 0.25) is 0 Å². The van der Waals surface area contributed by atoms with Crippen molar-refractivity contribution in [1.82, 2.24) is 0 Å². The normalized spacial score (nSPS) is 10.1. The number of ether oxygens (including phenoxy) is 1. The lowest BCUT2D eigenvalue weighted by molar-refractivity contribution is 0.538. The maximum absolute atomic E-state index is 7.21. The Morgan fingerprint density at radius 1 is 1.42 bits per heavy atom. The number of benzene rings is 1. The van der Waals surface area contributed by atoms with E-state index in [0.717, 1.165) is 0 Å². The van der Waals surface area contributed by atoms with E-state index in [4.69, 9.17) is 10.1 Å². The lowest BCUT2D eigenvalue weighted by Gasteiger charge is -2.00. The van der Waals surface area contributed by atoms with Crippen LogP contribution in [0.15, 0.2) is 35.3 Å². The second-order valence-electron chi connectivity index (χ2n) is 2.11. The summed E-state index contributed by atoms with van der Waals surface area (Å²) >= 11 is 0. The predicted octanol–water partition coefficient (Wildman–Crippen LogP) is 2.09. The van der Waals surface area contributed by atoms with E-state index in [0.29, 0.717) is 5.75 Å². The fourth-order valence-electron chi connectivity index (χ4n) is 0.744. The van der Waals surface area contributed by atoms with Crippen molar-refractivity contribution in [2.45, 2.75) is 6.92 Å². The minimum absolute atomic E-state index is 0.0938. The monoisotopic (exact) mass is 162 g/mol. The van der Waals surface area contributed by atoms with Crippen LogP contribution in [-0.2, 0) is 0 Å². The molecule has 12 heavy (non-hydrogen) atoms. The van der Waals surface area contributed by atoms with Crippen LogP contribution < -0.4 is 4.74 Å². The van der Waals surface area contributed by atoms with Gasteiger partial charge >= 0.3 is 6.02 Å². The van der Waals surface area contributed by atoms with Crippen LogP contribution in [0.25, 0.3) is 0 Å². The molecule has 0 radical (unpaired) electrons. The average Bonchev–Trinajstić information content (AvgIpc) is 2.06. The number of hydrogen-bond donors (Lipinski definition) is 1. The number of rotatable bonds is 1. The lowest BCUT2D eigenvalue weighted by atomic mass is 10.3. The van der Waals surface area contributed by atoms with Gasteiger partial charge in [-0.3, -0.25) is 0 Å². The van der Waals surface area contributed by atoms with Gasteiger partial charge in [0.15, 0.2) is 0 Å². The molecule has 0 aliphatic heterocycles. The molecule has 0 bridgehead atoms. The van der Waals surface area contributed by atoms with Crippen molar-refractivity contribution in [1.29, 1.82) is 5.41 Å². The Labute approximate surface area is 71.2 Å². The van der Waals surface area contributed by atoms with E-state index in [1.807, 2.05) is 18.2 Å². The highest BCUT2D eigenvalue weighted by atomic mass is 16.5. The van der Waals surface area contributed by atoms with Crippen LogP contribution in [-0.4, -0.2) is 12.2 Å². The van der Waals surface area contributed by atoms with Gasteiger partial charge in [-0.25, -0.2) is 10.4 Å². The van der Waals surface area contributed by atoms with E-state index in [2.05, 4.69) is 4.99 Å². The molecule has 0 aliphatic carbocycles. The summed E-state index contributed by atoms with van der Waals surface area (Å²) in [4.78, 5) is 3.66. The highest BCUT2D eigenvalue weighted by Gasteiger charge is 1.94. The Bertz CT molecular complexity index is 280. The minimum atomic E-state index is -0.0938. The van der Waals surface area contributed by atoms with Crippen molar-refractivity contribution in [3.63, 3.8) is 0 Å². The molecular weight excluding hydrogens is 152 g/mol. The van der Waals surface area contributed by atoms with Crippen molar-refractivity contribution in [2.75, 3.05) is 0 Å². The highest BCUT2D eigenvalue weighted by molar-refractivity contribution is 5.81. The second kappa shape index (κ2) is 4.28. The van der Waals surface area contributed by atoms with Gasteiger partial charge in [0.25, 0.3) is 0 Å². The zero-order valence-corrected chi connectivity index (χ0v) is 6.82. The molecule has 1 N–H and O–H groups in total. The van der Waals surface area contributed by atoms with Crippen LogP contribution in [0.2, 0.25) is 0 Å². The third-order valence-corrected chi connectivity index (χ3v) is 1.20. The van der Waals surface area contributed by atoms with Gasteiger partial charge in [-0.15, -0.1) is 0 Å². The Balaban J connectivity index is 2.59. The van der Waals surface area contributed by atoms with Crippen LogP contribution in [0.4, 0.5) is 0 Å². The summed E-state index contributed by atoms with van der Waals surface area (Å²) in [7, 11) is 0. The molecule has 62 valence electrons. The number of nitrogens with zero attached hydrogens (tertiary/aromatic N) is 1. The van der Waals surface area contributed by atoms with E-state index < -0.39 is 0 Å². The van der Waals surface area contributed by atoms with Crippen LogP contribution in [0.5, 0.6) is 5.75 Å². The summed E-state index contributed by atoms with van der Waals surface area (Å²) in [6, 6.07) is 9.04. The molecule has 0 spiro atoms. The molecule has 1 rings (SSSR count). The van der Waals surface area contributed by atoms with Crippen LogP contribution in [0.3, 0.4) is 0 Å². The third-order valence-electron chi connectivity index (χ3n) is 1.20. The first-order valence-electron chi connectivity index (χ1n) is 3.63. The van der Waals surface area contributed by atoms with E-state index in [1.165, 1.54) is 6.21 Å². The van der Waals surface area contributed by atoms with Crippen molar-refractivity contribution in [2.24, 2.45) is 4.99 Å². The minimum Gasteiger partial charge on any atom is -0.425 e. The molecule has 0 saturated carbocycles. The van der Waals surface area contributed by atoms with Gasteiger partial charge in [-0.05, 0) is 19.1 Å². The summed E-state index contributed by atoms with van der Waals surface area (Å²) in [6.07, 6.45) is 1.52. The fraction of sp³-hybridized carbons (Fsp3) is 0.111. The molecule has 0 saturated heterocycles. The highest BCUT2D eigenvalue weighted by Crippen LogP contribution is 2.08. The molecule has 0 aromatic heterocycles. The van der Waals surface area contributed by atoms with Gasteiger partial charge in [0.1, 0.15) is 5.75 Å². The van der Waals surface area contributed by atoms with Crippen molar-refractivity contribution >= 4 is 12.2 Å². The quantitative estimate of drug-likeness (QED) is 0.498. The molecule has 0 amide bonds. The zero-order valence-electron chi connectivity index (χ0n) is 6.82. The molecule has 3 nitrogen and oxygen atoms in total. The number of para-hydroxylation sites is 1. The van der Waals surface area contributed by atoms with Gasteiger partial charge in [0, 0.05) is 6.21 Å². The predicted molar refractivity (Wildman–Crippen MR) is 49.0 cm³/mol. The van der Waals surface area contributed by atoms with E-state index in [9.17, 15) is 0 Å². The fourth-order valence-corrected chi connectivity index (χ4v) is 0.744. The average molecular weight is 162 g/mol. The molecule has 0 unspecified atom stereocenters. The van der Waals surface area contributed by atoms with Crippen LogP contribution in [0.1, 0.15) is 6.92 Å². The molecule has 3 heteroatoms. The van der Waals surface area contributed by atoms with Gasteiger partial charge in [0.05, 0.1) is 0 Å². The molecule has 1 aromatic rings. The van der Waals surface area contributed by atoms with Gasteiger partial charge in [-0.1, -0.05) is 18.2 Å². The maximum Gasteiger partial charge on any atom is 0.313 e. The number of amidine groups is 1. The standard InChI is InChI=1S/C9H10N2O/c1-2-11-9(10)12-8-6-4-3-5-7-8/h2-7,10H,1H3. The molecule has 1 aromatic carbocycles. The SMILES string of the molecule is CC=NC(=N)Oc1ccccc1. The Kier molecular flexibility index (Phi) is 3.02. The van der Waals surface area contributed by atoms with Gasteiger partial charge in [-0.2, -0.15) is 0 Å². The summed E-state index contributed by atoms with van der Waals surface area (Å²) in [5.74, 6) is 0.633. The summed E-state index contributed by atoms with van der Waals surface area (Å²) in [5.41, 5.74) is 0. The molecular formula is C9H10N2O. The first kappa shape index (κ1) is 8.46. The summed E-state index contributed by atoms with van der Waals surface area (Å²) in [6.45, 7) is 1.74. The molecule has 0 atom stereocenters. The van der Waals surface area contributed by atoms with E-state index in [1.54, 1.807) is 19.1 Å². The van der Waals surface area contributed by atoms with E-state index in [-0.39, 0.29) is 6.02 Å². The van der Waals surface area contributed by atoms with Crippen molar-refractivity contribution in [3.8, 4) is 5.75 Å². The third kappa shape index (κ3) is 2.54.